The number of H-pyrrole nitrogens is 4. The Bertz CT molecular complexity index is 6650. The number of nitrogens with zero attached hydrogens (tertiary/aromatic N) is 2. The van der Waals surface area contributed by atoms with Crippen molar-refractivity contribution in [1.29, 1.82) is 0 Å². The fraction of sp³-hybridized carbons (Fsp3) is 0.0297. The molecule has 0 fully saturated rings. The summed E-state index contributed by atoms with van der Waals surface area (Å²) in [6.07, 6.45) is 3.94. The highest BCUT2D eigenvalue weighted by molar-refractivity contribution is 6.19. The fourth-order valence-corrected chi connectivity index (χ4v) is 16.3. The summed E-state index contributed by atoms with van der Waals surface area (Å²) in [6, 6.07) is 127. The van der Waals surface area contributed by atoms with Gasteiger partial charge in [0.05, 0.1) is 44.8 Å². The largest absolute Gasteiger partial charge is 0.454 e. The number of nitrogens with one attached hydrogen (secondary N) is 4. The highest BCUT2D eigenvalue weighted by Crippen LogP contribution is 2.52. The molecule has 0 amide bonds. The molecule has 108 heavy (non-hydrogen) atoms. The van der Waals surface area contributed by atoms with Crippen LogP contribution in [-0.2, 0) is 5.41 Å². The van der Waals surface area contributed by atoms with Crippen LogP contribution < -0.4 is 0 Å². The molecule has 21 aromatic rings. The molecule has 0 radical (unpaired) electrons. The van der Waals surface area contributed by atoms with E-state index in [1.807, 2.05) is 60.9 Å². The van der Waals surface area contributed by atoms with Crippen molar-refractivity contribution in [2.24, 2.45) is 0 Å². The Balaban J connectivity index is 0.0000000983. The molecule has 0 saturated heterocycles. The van der Waals surface area contributed by atoms with Gasteiger partial charge in [-0.05, 0) is 116 Å². The average Bonchev–Trinajstić information content (AvgIpc) is 1.57. The third-order valence-electron chi connectivity index (χ3n) is 21.4. The zero-order valence-electron chi connectivity index (χ0n) is 59.6. The third kappa shape index (κ3) is 11.5. The fourth-order valence-electron chi connectivity index (χ4n) is 16.3. The lowest BCUT2D eigenvalue weighted by atomic mass is 9.82. The highest BCUT2D eigenvalue weighted by Gasteiger charge is 2.36. The minimum Gasteiger partial charge on any atom is -0.454 e. The second-order valence-electron chi connectivity index (χ2n) is 28.1. The number of aromatic amines is 4. The van der Waals surface area contributed by atoms with Crippen LogP contribution in [-0.4, -0.2) is 29.9 Å². The van der Waals surface area contributed by atoms with Crippen molar-refractivity contribution in [3.63, 3.8) is 0 Å². The number of hydrogen-bond donors (Lipinski definition) is 4. The molecule has 7 heteroatoms. The van der Waals surface area contributed by atoms with Gasteiger partial charge in [0, 0.05) is 99.7 Å². The number of fused-ring (bicyclic) bond motifs is 15. The van der Waals surface area contributed by atoms with Gasteiger partial charge >= 0.3 is 0 Å². The molecule has 512 valence electrons. The van der Waals surface area contributed by atoms with Crippen LogP contribution >= 0.6 is 0 Å². The van der Waals surface area contributed by atoms with Crippen LogP contribution in [0.4, 0.5) is 0 Å². The van der Waals surface area contributed by atoms with Gasteiger partial charge in [-0.25, -0.2) is 4.98 Å². The Morgan fingerprint density at radius 3 is 1.35 bits per heavy atom. The van der Waals surface area contributed by atoms with Crippen molar-refractivity contribution >= 4 is 87.4 Å². The molecule has 7 heterocycles. The summed E-state index contributed by atoms with van der Waals surface area (Å²) in [5, 5.41) is 9.41. The topological polar surface area (TPSA) is 102 Å². The lowest BCUT2D eigenvalue weighted by Crippen LogP contribution is -2.14. The number of hydrogen-bond acceptors (Lipinski definition) is 3. The van der Waals surface area contributed by atoms with Gasteiger partial charge in [0.1, 0.15) is 5.58 Å². The molecular weight excluding hydrogens is 1310 g/mol. The Kier molecular flexibility index (Phi) is 16.5. The van der Waals surface area contributed by atoms with E-state index in [1.165, 1.54) is 111 Å². The smallest absolute Gasteiger partial charge is 0.159 e. The summed E-state index contributed by atoms with van der Waals surface area (Å²) in [5.41, 5.74) is 32.9. The minimum absolute atomic E-state index is 0.00501. The van der Waals surface area contributed by atoms with Gasteiger partial charge in [-0.3, -0.25) is 4.98 Å². The molecule has 0 aliphatic heterocycles. The van der Waals surface area contributed by atoms with E-state index >= 15 is 0 Å². The summed E-state index contributed by atoms with van der Waals surface area (Å²) in [7, 11) is 0. The van der Waals surface area contributed by atoms with Crippen LogP contribution in [0.2, 0.25) is 0 Å². The summed E-state index contributed by atoms with van der Waals surface area (Å²) < 4.78 is 6.27. The van der Waals surface area contributed by atoms with Crippen LogP contribution in [0, 0.1) is 0 Å². The summed E-state index contributed by atoms with van der Waals surface area (Å²) in [5.74, 6) is 0. The van der Waals surface area contributed by atoms with Gasteiger partial charge in [0.2, 0.25) is 0 Å². The SMILES string of the molecule is CC1(C)c2ccccc2-c2cc3c(-c4ccccc4)c(-c4ccccc4)[nH]c3cc21.c1ccc(-c2[nH]c3c(ccc4c5ccccc5oc43)c2-c2ccccc2)cc1.c1ccc(-c2[nH]c3c(cnc4ccccc43)c2-c2ccccc2)cc1.c1ccc(-c2nc3c(ccc4[nH]cccc43)c2-c2ccccc2)cc1. The van der Waals surface area contributed by atoms with Gasteiger partial charge in [-0.15, -0.1) is 0 Å². The maximum absolute atomic E-state index is 6.27. The second kappa shape index (κ2) is 27.5. The van der Waals surface area contributed by atoms with E-state index in [1.54, 1.807) is 0 Å². The van der Waals surface area contributed by atoms with E-state index in [2.05, 4.69) is 354 Å². The predicted molar refractivity (Wildman–Crippen MR) is 452 cm³/mol. The molecule has 0 spiro atoms. The first kappa shape index (κ1) is 64.7. The second-order valence-corrected chi connectivity index (χ2v) is 28.1. The van der Waals surface area contributed by atoms with Crippen molar-refractivity contribution < 1.29 is 4.42 Å². The number of para-hydroxylation sites is 2. The third-order valence-corrected chi connectivity index (χ3v) is 21.4. The van der Waals surface area contributed by atoms with E-state index in [0.29, 0.717) is 0 Å². The van der Waals surface area contributed by atoms with E-state index in [9.17, 15) is 0 Å². The summed E-state index contributed by atoms with van der Waals surface area (Å²) in [4.78, 5) is 24.2. The lowest BCUT2D eigenvalue weighted by Gasteiger charge is -2.21. The van der Waals surface area contributed by atoms with Crippen molar-refractivity contribution in [1.82, 2.24) is 29.9 Å². The molecule has 1 aliphatic rings. The normalized spacial score (nSPS) is 12.1. The lowest BCUT2D eigenvalue weighted by molar-refractivity contribution is 0.661. The van der Waals surface area contributed by atoms with E-state index in [4.69, 9.17) is 9.40 Å². The summed E-state index contributed by atoms with van der Waals surface area (Å²) >= 11 is 0. The van der Waals surface area contributed by atoms with Crippen LogP contribution in [0.25, 0.3) is 188 Å². The van der Waals surface area contributed by atoms with Crippen LogP contribution in [0.1, 0.15) is 25.0 Å². The van der Waals surface area contributed by atoms with Gasteiger partial charge in [0.15, 0.2) is 5.58 Å². The molecule has 0 unspecified atom stereocenters. The maximum atomic E-state index is 6.27. The molecular formula is C101H72N6O. The average molecular weight is 1390 g/mol. The first-order valence-electron chi connectivity index (χ1n) is 36.9. The number of pyridine rings is 2. The van der Waals surface area contributed by atoms with Crippen molar-refractivity contribution in [3.8, 4) is 101 Å². The van der Waals surface area contributed by atoms with E-state index in [0.717, 1.165) is 88.3 Å². The molecule has 4 N–H and O–H groups in total. The molecule has 0 saturated carbocycles. The first-order chi connectivity index (χ1) is 53.4. The van der Waals surface area contributed by atoms with Crippen LogP contribution in [0.5, 0.6) is 0 Å². The number of furan rings is 1. The molecule has 0 atom stereocenters. The van der Waals surface area contributed by atoms with Crippen molar-refractivity contribution in [3.05, 3.63) is 388 Å². The van der Waals surface area contributed by atoms with E-state index < -0.39 is 0 Å². The zero-order valence-corrected chi connectivity index (χ0v) is 59.6. The maximum Gasteiger partial charge on any atom is 0.159 e. The molecule has 14 aromatic carbocycles. The van der Waals surface area contributed by atoms with Crippen LogP contribution in [0.15, 0.2) is 381 Å². The molecule has 7 nitrogen and oxygen atoms in total. The number of aromatic nitrogens is 6. The van der Waals surface area contributed by atoms with Gasteiger partial charge in [0.25, 0.3) is 0 Å². The Hall–Kier alpha value is -14.1. The van der Waals surface area contributed by atoms with Crippen LogP contribution in [0.3, 0.4) is 0 Å². The Labute approximate surface area is 625 Å². The predicted octanol–water partition coefficient (Wildman–Crippen LogP) is 27.3. The number of benzene rings is 14. The molecule has 22 rings (SSSR count). The van der Waals surface area contributed by atoms with Gasteiger partial charge in [-0.2, -0.15) is 0 Å². The molecule has 1 aliphatic carbocycles. The standard InChI is InChI=1S/C29H23N.C26H17NO.2C23H16N2/c1-29(2)24-16-10-9-15-21(24)22-17-23-26(18-25(22)29)30-28(20-13-7-4-8-14-20)27(23)19-11-5-3-6-12-19;1-3-9-17(10-4-1)23-21-16-15-20-19-13-7-8-14-22(19)28-26(20)25(21)27-24(23)18-11-5-2-6-12-18;1-3-9-16(10-4-1)21-19-15-24-20-14-8-7-13-18(20)23(19)25-22(21)17-11-5-2-6-12-17;1-3-8-16(9-4-1)21-19-13-14-20-18(12-7-15-24-20)23(19)25-22(21)17-10-5-2-6-11-17/h3-18,30H,1-2H3;1-16,27H;1-15,25H;1-15,24H. The van der Waals surface area contributed by atoms with Crippen molar-refractivity contribution in [2.75, 3.05) is 0 Å². The Morgan fingerprint density at radius 2 is 0.750 bits per heavy atom. The number of rotatable bonds is 8. The highest BCUT2D eigenvalue weighted by atomic mass is 16.3. The zero-order chi connectivity index (χ0) is 72.1. The minimum atomic E-state index is 0.00501. The van der Waals surface area contributed by atoms with Gasteiger partial charge < -0.3 is 24.4 Å². The van der Waals surface area contributed by atoms with E-state index in [-0.39, 0.29) is 5.41 Å². The first-order valence-corrected chi connectivity index (χ1v) is 36.9. The molecule has 0 bridgehead atoms. The quantitative estimate of drug-likeness (QED) is 0.122. The summed E-state index contributed by atoms with van der Waals surface area (Å²) in [6.45, 7) is 4.67. The molecule has 7 aromatic heterocycles. The Morgan fingerprint density at radius 1 is 0.296 bits per heavy atom. The van der Waals surface area contributed by atoms with Crippen molar-refractivity contribution in [2.45, 2.75) is 19.3 Å². The van der Waals surface area contributed by atoms with Gasteiger partial charge in [-0.1, -0.05) is 323 Å². The monoisotopic (exact) mass is 1380 g/mol.